The number of fused-ring (bicyclic) bond motifs is 1. The van der Waals surface area contributed by atoms with E-state index in [1.165, 1.54) is 4.88 Å². The van der Waals surface area contributed by atoms with E-state index in [4.69, 9.17) is 16.6 Å². The fraction of sp³-hybridized carbons (Fsp3) is 0.467. The van der Waals surface area contributed by atoms with E-state index >= 15 is 0 Å². The Morgan fingerprint density at radius 2 is 2.19 bits per heavy atom. The summed E-state index contributed by atoms with van der Waals surface area (Å²) in [4.78, 5) is 6.09. The van der Waals surface area contributed by atoms with Gasteiger partial charge in [-0.05, 0) is 31.7 Å². The van der Waals surface area contributed by atoms with Gasteiger partial charge in [0.05, 0.1) is 17.1 Å². The summed E-state index contributed by atoms with van der Waals surface area (Å²) in [5.74, 6) is 0.919. The molecule has 3 heterocycles. The summed E-state index contributed by atoms with van der Waals surface area (Å²) in [7, 11) is 1.97. The maximum atomic E-state index is 6.39. The van der Waals surface area contributed by atoms with Crippen molar-refractivity contribution in [1.29, 1.82) is 0 Å². The molecule has 112 valence electrons. The number of aromatic nitrogens is 4. The molecule has 0 saturated carbocycles. The maximum absolute atomic E-state index is 6.39. The first kappa shape index (κ1) is 14.6. The Bertz CT molecular complexity index is 754. The number of halogens is 1. The number of alkyl halides is 1. The Labute approximate surface area is 133 Å². The molecule has 2 atom stereocenters. The van der Waals surface area contributed by atoms with Gasteiger partial charge in [0.1, 0.15) is 11.3 Å². The number of nitrogens with zero attached hydrogens (tertiary/aromatic N) is 4. The minimum Gasteiger partial charge on any atom is -0.303 e. The summed E-state index contributed by atoms with van der Waals surface area (Å²) in [5.41, 5.74) is 2.95. The highest BCUT2D eigenvalue weighted by Gasteiger charge is 2.25. The van der Waals surface area contributed by atoms with E-state index in [1.807, 2.05) is 25.6 Å². The second-order valence-corrected chi connectivity index (χ2v) is 6.91. The lowest BCUT2D eigenvalue weighted by molar-refractivity contribution is 0.548. The molecule has 0 N–H and O–H groups in total. The Morgan fingerprint density at radius 3 is 2.76 bits per heavy atom. The average molecular weight is 323 g/mol. The van der Waals surface area contributed by atoms with Crippen LogP contribution in [0.2, 0.25) is 0 Å². The number of thiophene rings is 1. The lowest BCUT2D eigenvalue weighted by Crippen LogP contribution is -2.14. The van der Waals surface area contributed by atoms with E-state index in [0.29, 0.717) is 0 Å². The Morgan fingerprint density at radius 1 is 1.43 bits per heavy atom. The van der Waals surface area contributed by atoms with E-state index in [2.05, 4.69) is 34.1 Å². The Kier molecular flexibility index (Phi) is 3.80. The molecule has 0 bridgehead atoms. The summed E-state index contributed by atoms with van der Waals surface area (Å²) in [6.45, 7) is 6.17. The van der Waals surface area contributed by atoms with Crippen LogP contribution in [-0.2, 0) is 7.05 Å². The van der Waals surface area contributed by atoms with Crippen molar-refractivity contribution in [2.24, 2.45) is 7.05 Å². The topological polar surface area (TPSA) is 35.6 Å². The summed E-state index contributed by atoms with van der Waals surface area (Å²) in [6, 6.07) is 4.52. The van der Waals surface area contributed by atoms with Crippen molar-refractivity contribution >= 4 is 34.1 Å². The molecule has 0 spiro atoms. The highest BCUT2D eigenvalue weighted by molar-refractivity contribution is 7.10. The maximum Gasteiger partial charge on any atom is 0.159 e. The second kappa shape index (κ2) is 5.46. The highest BCUT2D eigenvalue weighted by Crippen LogP contribution is 2.35. The van der Waals surface area contributed by atoms with Gasteiger partial charge in [0.25, 0.3) is 0 Å². The quantitative estimate of drug-likeness (QED) is 0.666. The molecule has 3 rings (SSSR count). The zero-order valence-corrected chi connectivity index (χ0v) is 14.2. The van der Waals surface area contributed by atoms with Gasteiger partial charge in [-0.15, -0.1) is 22.9 Å². The van der Waals surface area contributed by atoms with Crippen LogP contribution in [0.25, 0.3) is 11.2 Å². The predicted octanol–water partition coefficient (Wildman–Crippen LogP) is 4.44. The predicted molar refractivity (Wildman–Crippen MR) is 88.3 cm³/mol. The van der Waals surface area contributed by atoms with Gasteiger partial charge in [-0.3, -0.25) is 4.68 Å². The van der Waals surface area contributed by atoms with Gasteiger partial charge in [-0.1, -0.05) is 13.0 Å². The SMILES string of the molecule is CCC(c1cccs1)n1c(C(C)Cl)nc2c(C)nn(C)c21. The molecule has 3 aromatic rings. The highest BCUT2D eigenvalue weighted by atomic mass is 35.5. The van der Waals surface area contributed by atoms with Crippen LogP contribution in [0.1, 0.15) is 48.1 Å². The molecule has 6 heteroatoms. The molecule has 0 aliphatic carbocycles. The van der Waals surface area contributed by atoms with Crippen molar-refractivity contribution < 1.29 is 0 Å². The lowest BCUT2D eigenvalue weighted by atomic mass is 10.1. The summed E-state index contributed by atoms with van der Waals surface area (Å²) < 4.78 is 4.18. The van der Waals surface area contributed by atoms with Crippen LogP contribution >= 0.6 is 22.9 Å². The molecule has 0 radical (unpaired) electrons. The van der Waals surface area contributed by atoms with Crippen molar-refractivity contribution in [3.05, 3.63) is 33.9 Å². The summed E-state index contributed by atoms with van der Waals surface area (Å²) >= 11 is 8.17. The van der Waals surface area contributed by atoms with Crippen LogP contribution in [0, 0.1) is 6.92 Å². The fourth-order valence-electron chi connectivity index (χ4n) is 2.89. The monoisotopic (exact) mass is 322 g/mol. The van der Waals surface area contributed by atoms with Gasteiger partial charge in [-0.2, -0.15) is 5.10 Å². The van der Waals surface area contributed by atoms with Crippen molar-refractivity contribution in [1.82, 2.24) is 19.3 Å². The van der Waals surface area contributed by atoms with E-state index in [9.17, 15) is 0 Å². The third-order valence-corrected chi connectivity index (χ3v) is 4.96. The number of rotatable bonds is 4. The van der Waals surface area contributed by atoms with Gasteiger partial charge in [0.15, 0.2) is 5.65 Å². The van der Waals surface area contributed by atoms with Crippen LogP contribution in [0.15, 0.2) is 17.5 Å². The van der Waals surface area contributed by atoms with Crippen molar-refractivity contribution in [3.8, 4) is 0 Å². The smallest absolute Gasteiger partial charge is 0.159 e. The Hall–Kier alpha value is -1.33. The zero-order chi connectivity index (χ0) is 15.1. The second-order valence-electron chi connectivity index (χ2n) is 5.28. The molecular weight excluding hydrogens is 304 g/mol. The zero-order valence-electron chi connectivity index (χ0n) is 12.7. The minimum atomic E-state index is -0.134. The fourth-order valence-corrected chi connectivity index (χ4v) is 3.95. The molecule has 0 aliphatic rings. The lowest BCUT2D eigenvalue weighted by Gasteiger charge is -2.20. The van der Waals surface area contributed by atoms with Crippen molar-refractivity contribution in [3.63, 3.8) is 0 Å². The first-order chi connectivity index (χ1) is 10.0. The first-order valence-corrected chi connectivity index (χ1v) is 8.45. The number of hydrogen-bond acceptors (Lipinski definition) is 3. The molecule has 0 saturated heterocycles. The standard InChI is InChI=1S/C15H19ClN4S/c1-5-11(12-7-6-8-21-12)20-14(9(2)16)17-13-10(3)18-19(4)15(13)20/h6-9,11H,5H2,1-4H3. The van der Waals surface area contributed by atoms with E-state index in [1.54, 1.807) is 11.3 Å². The molecule has 3 aromatic heterocycles. The molecule has 0 aromatic carbocycles. The van der Waals surface area contributed by atoms with Crippen molar-refractivity contribution in [2.45, 2.75) is 38.6 Å². The molecular formula is C15H19ClN4S. The largest absolute Gasteiger partial charge is 0.303 e. The minimum absolute atomic E-state index is 0.134. The molecule has 21 heavy (non-hydrogen) atoms. The summed E-state index contributed by atoms with van der Waals surface area (Å²) in [6.07, 6.45) is 0.993. The van der Waals surface area contributed by atoms with Gasteiger partial charge < -0.3 is 4.57 Å². The number of aryl methyl sites for hydroxylation is 2. The number of hydrogen-bond donors (Lipinski definition) is 0. The van der Waals surface area contributed by atoms with Crippen molar-refractivity contribution in [2.75, 3.05) is 0 Å². The Balaban J connectivity index is 2.30. The van der Waals surface area contributed by atoms with Gasteiger partial charge >= 0.3 is 0 Å². The molecule has 0 aliphatic heterocycles. The molecule has 0 fully saturated rings. The van der Waals surface area contributed by atoms with E-state index < -0.39 is 0 Å². The first-order valence-electron chi connectivity index (χ1n) is 7.13. The number of imidazole rings is 1. The normalized spacial score (nSPS) is 14.7. The third-order valence-electron chi connectivity index (χ3n) is 3.79. The molecule has 4 nitrogen and oxygen atoms in total. The van der Waals surface area contributed by atoms with Crippen LogP contribution in [0.4, 0.5) is 0 Å². The van der Waals surface area contributed by atoms with Crippen LogP contribution in [0.5, 0.6) is 0 Å². The molecule has 2 unspecified atom stereocenters. The van der Waals surface area contributed by atoms with E-state index in [-0.39, 0.29) is 11.4 Å². The van der Waals surface area contributed by atoms with Gasteiger partial charge in [0.2, 0.25) is 0 Å². The van der Waals surface area contributed by atoms with Crippen LogP contribution in [0.3, 0.4) is 0 Å². The van der Waals surface area contributed by atoms with Crippen LogP contribution < -0.4 is 0 Å². The summed E-state index contributed by atoms with van der Waals surface area (Å²) in [5, 5.41) is 6.48. The third kappa shape index (κ3) is 2.28. The molecule has 0 amide bonds. The van der Waals surface area contributed by atoms with E-state index in [0.717, 1.165) is 29.1 Å². The van der Waals surface area contributed by atoms with Gasteiger partial charge in [-0.25, -0.2) is 4.98 Å². The average Bonchev–Trinajstić information content (AvgIpc) is 3.11. The van der Waals surface area contributed by atoms with Crippen LogP contribution in [-0.4, -0.2) is 19.3 Å². The van der Waals surface area contributed by atoms with Gasteiger partial charge in [0, 0.05) is 11.9 Å².